The molecular formula is C11H20O4. The topological polar surface area (TPSA) is 44.8 Å². The maximum atomic E-state index is 10.7. The van der Waals surface area contributed by atoms with E-state index in [-0.39, 0.29) is 18.4 Å². The van der Waals surface area contributed by atoms with Gasteiger partial charge in [-0.3, -0.25) is 4.79 Å². The summed E-state index contributed by atoms with van der Waals surface area (Å²) in [4.78, 5) is 10.7. The Balaban J connectivity index is 2.05. The summed E-state index contributed by atoms with van der Waals surface area (Å²) < 4.78 is 15.9. The van der Waals surface area contributed by atoms with Crippen molar-refractivity contribution >= 4 is 5.97 Å². The molecule has 0 amide bonds. The summed E-state index contributed by atoms with van der Waals surface area (Å²) >= 11 is 0. The van der Waals surface area contributed by atoms with Crippen LogP contribution in [0, 0.1) is 0 Å². The number of carbonyl (C=O) groups excluding carboxylic acids is 1. The molecule has 4 nitrogen and oxygen atoms in total. The molecule has 1 aliphatic rings. The fourth-order valence-corrected chi connectivity index (χ4v) is 1.57. The van der Waals surface area contributed by atoms with Gasteiger partial charge in [-0.05, 0) is 6.42 Å². The van der Waals surface area contributed by atoms with Gasteiger partial charge in [0.25, 0.3) is 0 Å². The van der Waals surface area contributed by atoms with E-state index >= 15 is 0 Å². The fraction of sp³-hybridized carbons (Fsp3) is 0.909. The van der Waals surface area contributed by atoms with Crippen LogP contribution in [0.15, 0.2) is 0 Å². The molecule has 1 unspecified atom stereocenters. The molecule has 0 bridgehead atoms. The summed E-state index contributed by atoms with van der Waals surface area (Å²) in [6.07, 6.45) is 3.77. The van der Waals surface area contributed by atoms with Crippen LogP contribution in [0.5, 0.6) is 0 Å². The largest absolute Gasteiger partial charge is 0.460 e. The van der Waals surface area contributed by atoms with Crippen LogP contribution in [0.4, 0.5) is 0 Å². The first-order valence-electron chi connectivity index (χ1n) is 5.62. The van der Waals surface area contributed by atoms with E-state index in [1.54, 1.807) is 0 Å². The third-order valence-corrected chi connectivity index (χ3v) is 2.31. The van der Waals surface area contributed by atoms with E-state index in [0.29, 0.717) is 13.0 Å². The number of ether oxygens (including phenoxy) is 3. The predicted octanol–water partition coefficient (Wildman–Crippen LogP) is 1.87. The van der Waals surface area contributed by atoms with Crippen LogP contribution in [0.3, 0.4) is 0 Å². The van der Waals surface area contributed by atoms with E-state index in [1.165, 1.54) is 19.8 Å². The summed E-state index contributed by atoms with van der Waals surface area (Å²) in [5, 5.41) is 0. The lowest BCUT2D eigenvalue weighted by Gasteiger charge is -2.10. The molecule has 0 N–H and O–H groups in total. The molecule has 0 aromatic rings. The van der Waals surface area contributed by atoms with E-state index in [4.69, 9.17) is 14.2 Å². The number of hydrogen-bond acceptors (Lipinski definition) is 4. The number of unbranched alkanes of at least 4 members (excludes halogenated alkanes) is 2. The molecule has 0 saturated carbocycles. The molecule has 1 saturated heterocycles. The zero-order valence-corrected chi connectivity index (χ0v) is 9.53. The van der Waals surface area contributed by atoms with Gasteiger partial charge in [0.2, 0.25) is 0 Å². The average Bonchev–Trinajstić information content (AvgIpc) is 2.59. The Morgan fingerprint density at radius 2 is 2.27 bits per heavy atom. The van der Waals surface area contributed by atoms with Gasteiger partial charge < -0.3 is 14.2 Å². The third kappa shape index (κ3) is 5.14. The van der Waals surface area contributed by atoms with Gasteiger partial charge in [0, 0.05) is 20.0 Å². The number of rotatable bonds is 6. The van der Waals surface area contributed by atoms with Crippen molar-refractivity contribution in [2.45, 2.75) is 51.9 Å². The van der Waals surface area contributed by atoms with Crippen LogP contribution in [0.25, 0.3) is 0 Å². The zero-order chi connectivity index (χ0) is 11.1. The molecule has 0 aromatic heterocycles. The highest BCUT2D eigenvalue weighted by molar-refractivity contribution is 5.66. The molecule has 0 aliphatic carbocycles. The van der Waals surface area contributed by atoms with Crippen LogP contribution < -0.4 is 0 Å². The lowest BCUT2D eigenvalue weighted by atomic mass is 10.2. The monoisotopic (exact) mass is 216 g/mol. The minimum Gasteiger partial charge on any atom is -0.460 e. The average molecular weight is 216 g/mol. The number of hydrogen-bond donors (Lipinski definition) is 0. The molecule has 1 fully saturated rings. The van der Waals surface area contributed by atoms with Crippen LogP contribution in [-0.4, -0.2) is 31.6 Å². The van der Waals surface area contributed by atoms with Crippen molar-refractivity contribution in [3.8, 4) is 0 Å². The second-order valence-electron chi connectivity index (χ2n) is 3.81. The second kappa shape index (κ2) is 6.80. The third-order valence-electron chi connectivity index (χ3n) is 2.31. The van der Waals surface area contributed by atoms with Gasteiger partial charge >= 0.3 is 5.97 Å². The Labute approximate surface area is 90.9 Å². The van der Waals surface area contributed by atoms with Gasteiger partial charge in [-0.25, -0.2) is 0 Å². The van der Waals surface area contributed by atoms with Crippen molar-refractivity contribution in [3.05, 3.63) is 0 Å². The lowest BCUT2D eigenvalue weighted by Crippen LogP contribution is -2.17. The van der Waals surface area contributed by atoms with Gasteiger partial charge in [-0.2, -0.15) is 0 Å². The van der Waals surface area contributed by atoms with Crippen molar-refractivity contribution in [1.82, 2.24) is 0 Å². The Morgan fingerprint density at radius 1 is 1.47 bits per heavy atom. The maximum absolute atomic E-state index is 10.7. The summed E-state index contributed by atoms with van der Waals surface area (Å²) in [7, 11) is 0. The summed E-state index contributed by atoms with van der Waals surface area (Å²) in [5.74, 6) is -0.254. The van der Waals surface area contributed by atoms with Crippen LogP contribution in [0.2, 0.25) is 0 Å². The van der Waals surface area contributed by atoms with Crippen LogP contribution >= 0.6 is 0 Å². The molecule has 1 heterocycles. The second-order valence-corrected chi connectivity index (χ2v) is 3.81. The number of esters is 1. The maximum Gasteiger partial charge on any atom is 0.302 e. The Bertz CT molecular complexity index is 193. The molecular weight excluding hydrogens is 196 g/mol. The highest BCUT2D eigenvalue weighted by Crippen LogP contribution is 2.17. The Hall–Kier alpha value is -0.610. The van der Waals surface area contributed by atoms with Crippen molar-refractivity contribution in [3.63, 3.8) is 0 Å². The van der Waals surface area contributed by atoms with Gasteiger partial charge in [0.05, 0.1) is 6.61 Å². The van der Waals surface area contributed by atoms with E-state index in [9.17, 15) is 4.79 Å². The van der Waals surface area contributed by atoms with Crippen molar-refractivity contribution < 1.29 is 19.0 Å². The number of carbonyl (C=O) groups is 1. The molecule has 1 aliphatic heterocycles. The van der Waals surface area contributed by atoms with Crippen molar-refractivity contribution in [1.29, 1.82) is 0 Å². The minimum absolute atomic E-state index is 0.126. The minimum atomic E-state index is -0.254. The first-order valence-corrected chi connectivity index (χ1v) is 5.62. The van der Waals surface area contributed by atoms with E-state index < -0.39 is 0 Å². The zero-order valence-electron chi connectivity index (χ0n) is 9.53. The van der Waals surface area contributed by atoms with Crippen LogP contribution in [0.1, 0.15) is 39.5 Å². The fourth-order valence-electron chi connectivity index (χ4n) is 1.57. The van der Waals surface area contributed by atoms with Gasteiger partial charge in [-0.15, -0.1) is 0 Å². The van der Waals surface area contributed by atoms with E-state index in [2.05, 4.69) is 6.92 Å². The standard InChI is InChI=1S/C11H20O4/c1-3-4-5-6-13-11-7-10(8-14-11)15-9(2)12/h10-11H,3-8H2,1-2H3/t10-,11?/m1/s1. The first kappa shape index (κ1) is 12.5. The molecule has 2 atom stereocenters. The Kier molecular flexibility index (Phi) is 5.65. The summed E-state index contributed by atoms with van der Waals surface area (Å²) in [6, 6.07) is 0. The normalized spacial score (nSPS) is 25.5. The lowest BCUT2D eigenvalue weighted by molar-refractivity contribution is -0.146. The highest BCUT2D eigenvalue weighted by atomic mass is 16.7. The van der Waals surface area contributed by atoms with Crippen molar-refractivity contribution in [2.75, 3.05) is 13.2 Å². The van der Waals surface area contributed by atoms with E-state index in [1.807, 2.05) is 0 Å². The molecule has 15 heavy (non-hydrogen) atoms. The van der Waals surface area contributed by atoms with Gasteiger partial charge in [0.1, 0.15) is 6.10 Å². The molecule has 4 heteroatoms. The summed E-state index contributed by atoms with van der Waals surface area (Å²) in [5.41, 5.74) is 0. The highest BCUT2D eigenvalue weighted by Gasteiger charge is 2.27. The van der Waals surface area contributed by atoms with Crippen molar-refractivity contribution in [2.24, 2.45) is 0 Å². The quantitative estimate of drug-likeness (QED) is 0.502. The molecule has 0 radical (unpaired) electrons. The van der Waals surface area contributed by atoms with Gasteiger partial charge in [0.15, 0.2) is 6.29 Å². The predicted molar refractivity (Wildman–Crippen MR) is 55.4 cm³/mol. The molecule has 0 spiro atoms. The Morgan fingerprint density at radius 3 is 2.93 bits per heavy atom. The van der Waals surface area contributed by atoms with Crippen LogP contribution in [-0.2, 0) is 19.0 Å². The first-order chi connectivity index (χ1) is 7.22. The van der Waals surface area contributed by atoms with Gasteiger partial charge in [-0.1, -0.05) is 19.8 Å². The molecule has 0 aromatic carbocycles. The molecule has 88 valence electrons. The van der Waals surface area contributed by atoms with E-state index in [0.717, 1.165) is 13.0 Å². The smallest absolute Gasteiger partial charge is 0.302 e. The SMILES string of the molecule is CCCCCOC1C[C@@H](OC(C)=O)CO1. The molecule has 1 rings (SSSR count). The summed E-state index contributed by atoms with van der Waals surface area (Å²) in [6.45, 7) is 4.75.